The fraction of sp³-hybridized carbons (Fsp3) is 0.560. The first-order valence-corrected chi connectivity index (χ1v) is 11.9. The molecule has 154 valence electrons. The molecule has 4 heteroatoms. The van der Waals surface area contributed by atoms with Gasteiger partial charge in [0.1, 0.15) is 5.75 Å². The van der Waals surface area contributed by atoms with E-state index >= 15 is 0 Å². The molecule has 1 aliphatic heterocycles. The van der Waals surface area contributed by atoms with Gasteiger partial charge in [-0.3, -0.25) is 0 Å². The van der Waals surface area contributed by atoms with E-state index in [-0.39, 0.29) is 0 Å². The lowest BCUT2D eigenvalue weighted by Gasteiger charge is -2.41. The molecule has 3 nitrogen and oxygen atoms in total. The third-order valence-corrected chi connectivity index (χ3v) is 7.65. The lowest BCUT2D eigenvalue weighted by molar-refractivity contribution is 0.142. The first kappa shape index (κ1) is 19.3. The molecule has 2 aromatic rings. The number of hydrogen-bond acceptors (Lipinski definition) is 3. The van der Waals surface area contributed by atoms with Gasteiger partial charge < -0.3 is 14.6 Å². The van der Waals surface area contributed by atoms with Crippen molar-refractivity contribution < 1.29 is 4.74 Å². The van der Waals surface area contributed by atoms with Gasteiger partial charge in [0.2, 0.25) is 0 Å². The molecular weight excluding hydrogens is 376 g/mol. The predicted molar refractivity (Wildman–Crippen MR) is 122 cm³/mol. The zero-order valence-corrected chi connectivity index (χ0v) is 18.1. The zero-order valence-electron chi connectivity index (χ0n) is 17.3. The van der Waals surface area contributed by atoms with Crippen LogP contribution >= 0.6 is 12.2 Å². The number of piperidine rings is 1. The minimum absolute atomic E-state index is 0.560. The Labute approximate surface area is 179 Å². The van der Waals surface area contributed by atoms with E-state index in [1.807, 2.05) is 30.3 Å². The number of nitrogens with zero attached hydrogens (tertiary/aromatic N) is 1. The summed E-state index contributed by atoms with van der Waals surface area (Å²) in [6.45, 7) is 4.23. The first-order valence-electron chi connectivity index (χ1n) is 11.5. The molecule has 29 heavy (non-hydrogen) atoms. The van der Waals surface area contributed by atoms with Crippen LogP contribution in [0.15, 0.2) is 30.3 Å². The number of para-hydroxylation sites is 1. The maximum Gasteiger partial charge on any atom is 0.119 e. The highest BCUT2D eigenvalue weighted by Gasteiger charge is 2.39. The van der Waals surface area contributed by atoms with Crippen LogP contribution in [0, 0.1) is 11.8 Å². The van der Waals surface area contributed by atoms with Crippen LogP contribution in [0.5, 0.6) is 5.75 Å². The van der Waals surface area contributed by atoms with E-state index in [9.17, 15) is 0 Å². The van der Waals surface area contributed by atoms with Gasteiger partial charge >= 0.3 is 0 Å². The van der Waals surface area contributed by atoms with Crippen molar-refractivity contribution in [3.63, 3.8) is 0 Å². The Morgan fingerprint density at radius 2 is 1.93 bits per heavy atom. The highest BCUT2D eigenvalue weighted by Crippen LogP contribution is 2.40. The van der Waals surface area contributed by atoms with Crippen molar-refractivity contribution in [1.82, 2.24) is 9.88 Å². The monoisotopic (exact) mass is 408 g/mol. The molecule has 2 heterocycles. The van der Waals surface area contributed by atoms with Crippen molar-refractivity contribution >= 4 is 17.1 Å². The lowest BCUT2D eigenvalue weighted by Crippen LogP contribution is -2.47. The SMILES string of the molecule is S=C1c2c([nH]c3c2CCCCC3)C[C@@H]2CCN(CCCOc3ccccc3)C[C@@H]12. The van der Waals surface area contributed by atoms with Crippen molar-refractivity contribution in [3.8, 4) is 5.75 Å². The maximum atomic E-state index is 6.12. The largest absolute Gasteiger partial charge is 0.494 e. The highest BCUT2D eigenvalue weighted by molar-refractivity contribution is 7.80. The van der Waals surface area contributed by atoms with E-state index in [0.717, 1.165) is 37.8 Å². The normalized spacial score (nSPS) is 24.3. The van der Waals surface area contributed by atoms with E-state index in [1.165, 1.54) is 73.3 Å². The average molecular weight is 409 g/mol. The molecule has 0 saturated carbocycles. The molecule has 2 atom stereocenters. The van der Waals surface area contributed by atoms with Crippen LogP contribution in [0.2, 0.25) is 0 Å². The maximum absolute atomic E-state index is 6.12. The second kappa shape index (κ2) is 8.61. The summed E-state index contributed by atoms with van der Waals surface area (Å²) in [6, 6.07) is 10.1. The summed E-state index contributed by atoms with van der Waals surface area (Å²) in [5.41, 5.74) is 6.01. The third kappa shape index (κ3) is 4.02. The second-order valence-corrected chi connectivity index (χ2v) is 9.48. The highest BCUT2D eigenvalue weighted by atomic mass is 32.1. The third-order valence-electron chi connectivity index (χ3n) is 7.14. The van der Waals surface area contributed by atoms with Gasteiger partial charge in [-0.2, -0.15) is 0 Å². The Balaban J connectivity index is 1.21. The number of likely N-dealkylation sites (tertiary alicyclic amines) is 1. The summed E-state index contributed by atoms with van der Waals surface area (Å²) in [6.07, 6.45) is 9.99. The molecule has 1 saturated heterocycles. The van der Waals surface area contributed by atoms with Crippen molar-refractivity contribution in [2.24, 2.45) is 11.8 Å². The lowest BCUT2D eigenvalue weighted by atomic mass is 9.73. The number of rotatable bonds is 5. The Morgan fingerprint density at radius 1 is 1.07 bits per heavy atom. The number of ether oxygens (including phenoxy) is 1. The molecule has 2 aliphatic carbocycles. The van der Waals surface area contributed by atoms with Crippen LogP contribution in [0.4, 0.5) is 0 Å². The van der Waals surface area contributed by atoms with E-state index < -0.39 is 0 Å². The van der Waals surface area contributed by atoms with Gasteiger partial charge in [-0.25, -0.2) is 0 Å². The Kier molecular flexibility index (Phi) is 5.74. The van der Waals surface area contributed by atoms with Gasteiger partial charge in [-0.15, -0.1) is 0 Å². The van der Waals surface area contributed by atoms with E-state index in [2.05, 4.69) is 9.88 Å². The molecule has 5 rings (SSSR count). The summed E-state index contributed by atoms with van der Waals surface area (Å²) in [5, 5.41) is 0. The summed E-state index contributed by atoms with van der Waals surface area (Å²) < 4.78 is 5.88. The topological polar surface area (TPSA) is 28.3 Å². The molecule has 1 N–H and O–H groups in total. The van der Waals surface area contributed by atoms with E-state index in [1.54, 1.807) is 5.56 Å². The van der Waals surface area contributed by atoms with Crippen molar-refractivity contribution in [1.29, 1.82) is 0 Å². The number of aryl methyl sites for hydroxylation is 1. The number of benzene rings is 1. The molecule has 1 fully saturated rings. The number of aromatic nitrogens is 1. The minimum Gasteiger partial charge on any atom is -0.494 e. The number of thiocarbonyl (C=S) groups is 1. The van der Waals surface area contributed by atoms with Crippen LogP contribution in [0.1, 0.15) is 54.6 Å². The molecule has 0 amide bonds. The van der Waals surface area contributed by atoms with Gasteiger partial charge in [0.25, 0.3) is 0 Å². The molecule has 0 bridgehead atoms. The van der Waals surface area contributed by atoms with Crippen LogP contribution in [-0.2, 0) is 19.3 Å². The van der Waals surface area contributed by atoms with Crippen LogP contribution in [0.3, 0.4) is 0 Å². The Hall–Kier alpha value is -1.65. The second-order valence-electron chi connectivity index (χ2n) is 9.04. The number of nitrogens with one attached hydrogen (secondary N) is 1. The van der Waals surface area contributed by atoms with E-state index in [4.69, 9.17) is 17.0 Å². The Bertz CT molecular complexity index is 859. The summed E-state index contributed by atoms with van der Waals surface area (Å²) in [7, 11) is 0. The molecule has 1 aromatic carbocycles. The van der Waals surface area contributed by atoms with Gasteiger partial charge in [-0.1, -0.05) is 36.8 Å². The summed E-state index contributed by atoms with van der Waals surface area (Å²) in [5.74, 6) is 2.26. The smallest absolute Gasteiger partial charge is 0.119 e. The molecule has 1 aromatic heterocycles. The molecule has 0 radical (unpaired) electrons. The van der Waals surface area contributed by atoms with Crippen molar-refractivity contribution in [2.45, 2.75) is 51.4 Å². The van der Waals surface area contributed by atoms with Gasteiger partial charge in [0.15, 0.2) is 0 Å². The summed E-state index contributed by atoms with van der Waals surface area (Å²) in [4.78, 5) is 7.70. The number of H-pyrrole nitrogens is 1. The first-order chi connectivity index (χ1) is 14.3. The Morgan fingerprint density at radius 3 is 2.83 bits per heavy atom. The fourth-order valence-electron chi connectivity index (χ4n) is 5.63. The standard InChI is InChI=1S/C25H32N2OS/c29-25-21-17-27(13-7-15-28-19-8-3-1-4-9-19)14-12-18(21)16-23-24(25)20-10-5-2-6-11-22(20)26-23/h1,3-4,8-9,18,21,26H,2,5-7,10-17H2/t18-,21+/m0/s1. The zero-order chi connectivity index (χ0) is 19.6. The average Bonchev–Trinajstić information content (AvgIpc) is 2.93. The van der Waals surface area contributed by atoms with Gasteiger partial charge in [0, 0.05) is 40.8 Å². The van der Waals surface area contributed by atoms with Crippen molar-refractivity contribution in [3.05, 3.63) is 52.8 Å². The van der Waals surface area contributed by atoms with Crippen molar-refractivity contribution in [2.75, 3.05) is 26.2 Å². The van der Waals surface area contributed by atoms with Gasteiger partial charge in [-0.05, 0) is 75.1 Å². The molecule has 3 aliphatic rings. The molecule has 0 unspecified atom stereocenters. The van der Waals surface area contributed by atoms with Crippen LogP contribution in [-0.4, -0.2) is 41.0 Å². The molecule has 0 spiro atoms. The van der Waals surface area contributed by atoms with Gasteiger partial charge in [0.05, 0.1) is 6.61 Å². The number of aromatic amines is 1. The number of fused-ring (bicyclic) bond motifs is 4. The minimum atomic E-state index is 0.560. The van der Waals surface area contributed by atoms with Crippen LogP contribution < -0.4 is 4.74 Å². The number of hydrogen-bond donors (Lipinski definition) is 1. The fourth-order valence-corrected chi connectivity index (χ4v) is 6.14. The quantitative estimate of drug-likeness (QED) is 0.430. The summed E-state index contributed by atoms with van der Waals surface area (Å²) >= 11 is 6.12. The molecular formula is C25H32N2OS. The predicted octanol–water partition coefficient (Wildman–Crippen LogP) is 4.96. The van der Waals surface area contributed by atoms with E-state index in [0.29, 0.717) is 5.92 Å². The van der Waals surface area contributed by atoms with Crippen LogP contribution in [0.25, 0.3) is 0 Å².